The first-order chi connectivity index (χ1) is 5.60. The van der Waals surface area contributed by atoms with Crippen LogP contribution >= 0.6 is 0 Å². The molecule has 1 heterocycles. The summed E-state index contributed by atoms with van der Waals surface area (Å²) in [7, 11) is 1.76. The molecule has 1 saturated carbocycles. The summed E-state index contributed by atoms with van der Waals surface area (Å²) in [6.07, 6.45) is 3.27. The lowest BCUT2D eigenvalue weighted by Crippen LogP contribution is -2.40. The number of aliphatic hydroxyl groups is 1. The molecule has 0 aromatic carbocycles. The third-order valence-electron chi connectivity index (χ3n) is 2.45. The van der Waals surface area contributed by atoms with E-state index in [2.05, 4.69) is 17.1 Å². The van der Waals surface area contributed by atoms with E-state index in [1.807, 2.05) is 0 Å². The van der Waals surface area contributed by atoms with Crippen molar-refractivity contribution >= 4 is 0 Å². The SMILES string of the molecule is CC1CC(O)(c2cnn(C)n2)C1. The van der Waals surface area contributed by atoms with Gasteiger partial charge in [0.15, 0.2) is 0 Å². The fourth-order valence-corrected chi connectivity index (χ4v) is 1.86. The Morgan fingerprint density at radius 3 is 2.75 bits per heavy atom. The second-order valence-electron chi connectivity index (χ2n) is 3.76. The maximum absolute atomic E-state index is 9.95. The van der Waals surface area contributed by atoms with Gasteiger partial charge in [-0.05, 0) is 18.8 Å². The van der Waals surface area contributed by atoms with Crippen LogP contribution < -0.4 is 0 Å². The van der Waals surface area contributed by atoms with Crippen LogP contribution in [0.15, 0.2) is 6.20 Å². The highest BCUT2D eigenvalue weighted by molar-refractivity contribution is 5.11. The van der Waals surface area contributed by atoms with E-state index >= 15 is 0 Å². The Labute approximate surface area is 71.2 Å². The van der Waals surface area contributed by atoms with Crippen molar-refractivity contribution < 1.29 is 5.11 Å². The number of hydrogen-bond donors (Lipinski definition) is 1. The molecular weight excluding hydrogens is 154 g/mol. The van der Waals surface area contributed by atoms with Gasteiger partial charge in [-0.2, -0.15) is 15.0 Å². The highest BCUT2D eigenvalue weighted by Crippen LogP contribution is 2.44. The molecule has 12 heavy (non-hydrogen) atoms. The molecule has 0 radical (unpaired) electrons. The molecule has 0 amide bonds. The Morgan fingerprint density at radius 2 is 2.33 bits per heavy atom. The van der Waals surface area contributed by atoms with E-state index in [-0.39, 0.29) is 0 Å². The van der Waals surface area contributed by atoms with Gasteiger partial charge in [0, 0.05) is 7.05 Å². The van der Waals surface area contributed by atoms with Gasteiger partial charge in [-0.1, -0.05) is 6.92 Å². The standard InChI is InChI=1S/C8H13N3O/c1-6-3-8(12,4-6)7-5-9-11(2)10-7/h5-6,12H,3-4H2,1-2H3. The number of rotatable bonds is 1. The first-order valence-corrected chi connectivity index (χ1v) is 4.19. The smallest absolute Gasteiger partial charge is 0.114 e. The van der Waals surface area contributed by atoms with Crippen molar-refractivity contribution in [1.82, 2.24) is 15.0 Å². The molecule has 0 spiro atoms. The zero-order valence-corrected chi connectivity index (χ0v) is 7.36. The van der Waals surface area contributed by atoms with E-state index in [4.69, 9.17) is 0 Å². The minimum Gasteiger partial charge on any atom is -0.383 e. The van der Waals surface area contributed by atoms with Gasteiger partial charge >= 0.3 is 0 Å². The van der Waals surface area contributed by atoms with E-state index < -0.39 is 5.60 Å². The molecule has 1 N–H and O–H groups in total. The molecule has 4 heteroatoms. The number of aryl methyl sites for hydroxylation is 1. The van der Waals surface area contributed by atoms with Crippen molar-refractivity contribution in [3.63, 3.8) is 0 Å². The number of nitrogens with zero attached hydrogens (tertiary/aromatic N) is 3. The van der Waals surface area contributed by atoms with Gasteiger partial charge < -0.3 is 5.11 Å². The van der Waals surface area contributed by atoms with Crippen LogP contribution in [0.3, 0.4) is 0 Å². The molecule has 66 valence electrons. The topological polar surface area (TPSA) is 50.9 Å². The number of hydrogen-bond acceptors (Lipinski definition) is 3. The van der Waals surface area contributed by atoms with Crippen LogP contribution in [0.1, 0.15) is 25.5 Å². The zero-order valence-electron chi connectivity index (χ0n) is 7.36. The van der Waals surface area contributed by atoms with E-state index in [1.54, 1.807) is 13.2 Å². The summed E-state index contributed by atoms with van der Waals surface area (Å²) in [5.74, 6) is 0.608. The Kier molecular flexibility index (Phi) is 1.48. The Balaban J connectivity index is 2.20. The summed E-state index contributed by atoms with van der Waals surface area (Å²) in [6, 6.07) is 0. The van der Waals surface area contributed by atoms with Gasteiger partial charge in [0.05, 0.1) is 6.20 Å². The molecule has 4 nitrogen and oxygen atoms in total. The third-order valence-corrected chi connectivity index (χ3v) is 2.45. The molecule has 1 aliphatic carbocycles. The highest BCUT2D eigenvalue weighted by atomic mass is 16.3. The molecule has 0 unspecified atom stereocenters. The van der Waals surface area contributed by atoms with Crippen LogP contribution in [-0.4, -0.2) is 20.1 Å². The van der Waals surface area contributed by atoms with Crippen LogP contribution in [0, 0.1) is 5.92 Å². The Bertz CT molecular complexity index is 288. The van der Waals surface area contributed by atoms with E-state index in [9.17, 15) is 5.11 Å². The average molecular weight is 167 g/mol. The van der Waals surface area contributed by atoms with Crippen LogP contribution in [0.2, 0.25) is 0 Å². The second-order valence-corrected chi connectivity index (χ2v) is 3.76. The monoisotopic (exact) mass is 167 g/mol. The largest absolute Gasteiger partial charge is 0.383 e. The summed E-state index contributed by atoms with van der Waals surface area (Å²) in [4.78, 5) is 1.48. The Hall–Kier alpha value is -0.900. The van der Waals surface area contributed by atoms with Gasteiger partial charge in [0.2, 0.25) is 0 Å². The molecular formula is C8H13N3O. The van der Waals surface area contributed by atoms with Gasteiger partial charge in [-0.25, -0.2) is 0 Å². The predicted molar refractivity (Wildman–Crippen MR) is 43.3 cm³/mol. The first kappa shape index (κ1) is 7.73. The minimum absolute atomic E-state index is 0.608. The van der Waals surface area contributed by atoms with Crippen molar-refractivity contribution in [2.24, 2.45) is 13.0 Å². The summed E-state index contributed by atoms with van der Waals surface area (Å²) in [5.41, 5.74) is 0.0244. The van der Waals surface area contributed by atoms with Crippen LogP contribution in [0.4, 0.5) is 0 Å². The second kappa shape index (κ2) is 2.29. The maximum atomic E-state index is 9.95. The lowest BCUT2D eigenvalue weighted by molar-refractivity contribution is -0.0776. The number of aromatic nitrogens is 3. The predicted octanol–water partition coefficient (Wildman–Crippen LogP) is 0.433. The highest BCUT2D eigenvalue weighted by Gasteiger charge is 2.43. The van der Waals surface area contributed by atoms with Gasteiger partial charge in [0.1, 0.15) is 11.3 Å². The van der Waals surface area contributed by atoms with Gasteiger partial charge in [0.25, 0.3) is 0 Å². The molecule has 1 aromatic rings. The van der Waals surface area contributed by atoms with Crippen LogP contribution in [0.5, 0.6) is 0 Å². The van der Waals surface area contributed by atoms with Crippen LogP contribution in [-0.2, 0) is 12.6 Å². The summed E-state index contributed by atoms with van der Waals surface area (Å²) in [5, 5.41) is 18.0. The normalized spacial score (nSPS) is 34.8. The summed E-state index contributed by atoms with van der Waals surface area (Å²) < 4.78 is 0. The van der Waals surface area contributed by atoms with E-state index in [1.165, 1.54) is 4.80 Å². The summed E-state index contributed by atoms with van der Waals surface area (Å²) >= 11 is 0. The van der Waals surface area contributed by atoms with Gasteiger partial charge in [-0.15, -0.1) is 0 Å². The van der Waals surface area contributed by atoms with E-state index in [0.29, 0.717) is 11.6 Å². The molecule has 0 aliphatic heterocycles. The van der Waals surface area contributed by atoms with E-state index in [0.717, 1.165) is 12.8 Å². The van der Waals surface area contributed by atoms with Crippen LogP contribution in [0.25, 0.3) is 0 Å². The molecule has 1 fully saturated rings. The fourth-order valence-electron chi connectivity index (χ4n) is 1.86. The van der Waals surface area contributed by atoms with Crippen molar-refractivity contribution in [2.75, 3.05) is 0 Å². The molecule has 2 rings (SSSR count). The lowest BCUT2D eigenvalue weighted by atomic mass is 9.70. The van der Waals surface area contributed by atoms with Gasteiger partial charge in [-0.3, -0.25) is 0 Å². The van der Waals surface area contributed by atoms with Crippen molar-refractivity contribution in [1.29, 1.82) is 0 Å². The lowest BCUT2D eigenvalue weighted by Gasteiger charge is -2.40. The minimum atomic E-state index is -0.687. The quantitative estimate of drug-likeness (QED) is 0.660. The molecule has 0 bridgehead atoms. The molecule has 0 atom stereocenters. The third kappa shape index (κ3) is 1.03. The Morgan fingerprint density at radius 1 is 1.67 bits per heavy atom. The van der Waals surface area contributed by atoms with Crippen molar-refractivity contribution in [3.8, 4) is 0 Å². The zero-order chi connectivity index (χ0) is 8.77. The molecule has 1 aromatic heterocycles. The van der Waals surface area contributed by atoms with Crippen molar-refractivity contribution in [2.45, 2.75) is 25.4 Å². The van der Waals surface area contributed by atoms with Crippen molar-refractivity contribution in [3.05, 3.63) is 11.9 Å². The molecule has 1 aliphatic rings. The maximum Gasteiger partial charge on any atom is 0.114 e. The average Bonchev–Trinajstić information content (AvgIpc) is 2.33. The summed E-state index contributed by atoms with van der Waals surface area (Å²) in [6.45, 7) is 2.13. The molecule has 0 saturated heterocycles. The first-order valence-electron chi connectivity index (χ1n) is 4.19. The fraction of sp³-hybridized carbons (Fsp3) is 0.750.